The van der Waals surface area contributed by atoms with Gasteiger partial charge < -0.3 is 10.4 Å². The van der Waals surface area contributed by atoms with Crippen LogP contribution in [-0.2, 0) is 4.79 Å². The first-order chi connectivity index (χ1) is 6.22. The molecule has 0 aromatic rings. The lowest BCUT2D eigenvalue weighted by Crippen LogP contribution is -2.36. The number of hydrogen-bond donors (Lipinski definition) is 2. The van der Waals surface area contributed by atoms with E-state index in [2.05, 4.69) is 5.32 Å². The third-order valence-electron chi connectivity index (χ3n) is 2.79. The summed E-state index contributed by atoms with van der Waals surface area (Å²) < 4.78 is 0. The van der Waals surface area contributed by atoms with E-state index in [1.165, 1.54) is 0 Å². The molecule has 0 atom stereocenters. The minimum Gasteiger partial charge on any atom is -0.396 e. The molecule has 3 nitrogen and oxygen atoms in total. The van der Waals surface area contributed by atoms with Crippen LogP contribution in [0.25, 0.3) is 0 Å². The van der Waals surface area contributed by atoms with Crippen molar-refractivity contribution in [1.29, 1.82) is 0 Å². The molecule has 1 fully saturated rings. The normalized spacial score (nSPS) is 28.5. The maximum atomic E-state index is 10.8. The summed E-state index contributed by atoms with van der Waals surface area (Å²) in [6.45, 7) is 1.87. The molecule has 76 valence electrons. The van der Waals surface area contributed by atoms with Crippen molar-refractivity contribution >= 4 is 5.91 Å². The Morgan fingerprint density at radius 2 is 2.00 bits per heavy atom. The summed E-state index contributed by atoms with van der Waals surface area (Å²) in [6, 6.07) is 0.382. The summed E-state index contributed by atoms with van der Waals surface area (Å²) >= 11 is 0. The van der Waals surface area contributed by atoms with Crippen LogP contribution in [0.5, 0.6) is 0 Å². The number of carbonyl (C=O) groups excluding carboxylic acids is 1. The average molecular weight is 185 g/mol. The van der Waals surface area contributed by atoms with Crippen LogP contribution < -0.4 is 5.32 Å². The molecule has 0 spiro atoms. The van der Waals surface area contributed by atoms with Gasteiger partial charge in [-0.05, 0) is 38.0 Å². The zero-order chi connectivity index (χ0) is 9.68. The van der Waals surface area contributed by atoms with Crippen LogP contribution in [0.2, 0.25) is 0 Å². The van der Waals surface area contributed by atoms with Crippen LogP contribution in [0, 0.1) is 5.92 Å². The summed E-state index contributed by atoms with van der Waals surface area (Å²) in [5.74, 6) is 0.751. The van der Waals surface area contributed by atoms with Gasteiger partial charge in [0.05, 0.1) is 0 Å². The second-order valence-corrected chi connectivity index (χ2v) is 3.93. The van der Waals surface area contributed by atoms with Crippen molar-refractivity contribution in [3.63, 3.8) is 0 Å². The van der Waals surface area contributed by atoms with Gasteiger partial charge in [-0.1, -0.05) is 0 Å². The Morgan fingerprint density at radius 1 is 1.38 bits per heavy atom. The minimum absolute atomic E-state index is 0.0746. The fourth-order valence-electron chi connectivity index (χ4n) is 2.07. The molecule has 0 aromatic heterocycles. The van der Waals surface area contributed by atoms with Gasteiger partial charge in [-0.25, -0.2) is 0 Å². The maximum Gasteiger partial charge on any atom is 0.217 e. The van der Waals surface area contributed by atoms with Gasteiger partial charge >= 0.3 is 0 Å². The van der Waals surface area contributed by atoms with Crippen molar-refractivity contribution in [1.82, 2.24) is 5.32 Å². The molecule has 0 bridgehead atoms. The predicted octanol–water partition coefficient (Wildman–Crippen LogP) is 1.06. The number of aliphatic hydroxyl groups excluding tert-OH is 1. The van der Waals surface area contributed by atoms with E-state index in [1.807, 2.05) is 0 Å². The Kier molecular flexibility index (Phi) is 4.22. The van der Waals surface area contributed by atoms with Crippen LogP contribution in [0.4, 0.5) is 0 Å². The molecule has 13 heavy (non-hydrogen) atoms. The molecule has 3 heteroatoms. The molecule has 0 aromatic carbocycles. The fraction of sp³-hybridized carbons (Fsp3) is 0.900. The van der Waals surface area contributed by atoms with E-state index in [0.717, 1.165) is 32.1 Å². The number of hydrogen-bond acceptors (Lipinski definition) is 2. The number of aliphatic hydroxyl groups is 1. The molecule has 1 aliphatic rings. The van der Waals surface area contributed by atoms with Gasteiger partial charge in [0.1, 0.15) is 0 Å². The molecule has 1 rings (SSSR count). The lowest BCUT2D eigenvalue weighted by atomic mass is 9.84. The summed E-state index contributed by atoms with van der Waals surface area (Å²) in [4.78, 5) is 10.8. The Labute approximate surface area is 79.5 Å². The molecule has 0 heterocycles. The Morgan fingerprint density at radius 3 is 2.46 bits per heavy atom. The van der Waals surface area contributed by atoms with E-state index in [-0.39, 0.29) is 5.91 Å². The van der Waals surface area contributed by atoms with Gasteiger partial charge in [0.2, 0.25) is 5.91 Å². The summed E-state index contributed by atoms with van der Waals surface area (Å²) in [5.41, 5.74) is 0. The molecule has 2 N–H and O–H groups in total. The van der Waals surface area contributed by atoms with Gasteiger partial charge in [-0.2, -0.15) is 0 Å². The van der Waals surface area contributed by atoms with Gasteiger partial charge in [-0.15, -0.1) is 0 Å². The largest absolute Gasteiger partial charge is 0.396 e. The smallest absolute Gasteiger partial charge is 0.217 e. The molecule has 1 amide bonds. The highest BCUT2D eigenvalue weighted by Crippen LogP contribution is 2.26. The average Bonchev–Trinajstić information content (AvgIpc) is 2.08. The van der Waals surface area contributed by atoms with Crippen LogP contribution in [0.1, 0.15) is 39.0 Å². The van der Waals surface area contributed by atoms with Crippen molar-refractivity contribution in [2.75, 3.05) is 6.61 Å². The van der Waals surface area contributed by atoms with Crippen molar-refractivity contribution in [3.8, 4) is 0 Å². The first-order valence-electron chi connectivity index (χ1n) is 5.10. The zero-order valence-electron chi connectivity index (χ0n) is 8.25. The van der Waals surface area contributed by atoms with E-state index in [1.54, 1.807) is 6.92 Å². The minimum atomic E-state index is 0.0746. The van der Waals surface area contributed by atoms with E-state index >= 15 is 0 Å². The molecular weight excluding hydrogens is 166 g/mol. The highest BCUT2D eigenvalue weighted by Gasteiger charge is 2.20. The quantitative estimate of drug-likeness (QED) is 0.691. The number of carbonyl (C=O) groups is 1. The van der Waals surface area contributed by atoms with E-state index in [0.29, 0.717) is 18.6 Å². The molecule has 0 aliphatic heterocycles. The van der Waals surface area contributed by atoms with Crippen LogP contribution >= 0.6 is 0 Å². The standard InChI is InChI=1S/C10H19NO2/c1-8(13)11-10-4-2-9(3-5-10)6-7-12/h9-10,12H,2-7H2,1H3,(H,11,13). The molecule has 1 aliphatic carbocycles. The van der Waals surface area contributed by atoms with Gasteiger partial charge in [0.15, 0.2) is 0 Å². The van der Waals surface area contributed by atoms with Crippen molar-refractivity contribution in [2.24, 2.45) is 5.92 Å². The third-order valence-corrected chi connectivity index (χ3v) is 2.79. The van der Waals surface area contributed by atoms with E-state index in [4.69, 9.17) is 5.11 Å². The number of nitrogens with one attached hydrogen (secondary N) is 1. The van der Waals surface area contributed by atoms with Gasteiger partial charge in [0.25, 0.3) is 0 Å². The topological polar surface area (TPSA) is 49.3 Å². The lowest BCUT2D eigenvalue weighted by molar-refractivity contribution is -0.119. The molecular formula is C10H19NO2. The summed E-state index contributed by atoms with van der Waals surface area (Å²) in [6.07, 6.45) is 5.36. The van der Waals surface area contributed by atoms with Crippen LogP contribution in [0.3, 0.4) is 0 Å². The summed E-state index contributed by atoms with van der Waals surface area (Å²) in [7, 11) is 0. The summed E-state index contributed by atoms with van der Waals surface area (Å²) in [5, 5.41) is 11.7. The predicted molar refractivity (Wildman–Crippen MR) is 51.3 cm³/mol. The van der Waals surface area contributed by atoms with Crippen LogP contribution in [0.15, 0.2) is 0 Å². The van der Waals surface area contributed by atoms with Crippen molar-refractivity contribution in [2.45, 2.75) is 45.1 Å². The van der Waals surface area contributed by atoms with E-state index < -0.39 is 0 Å². The Hall–Kier alpha value is -0.570. The first-order valence-corrected chi connectivity index (χ1v) is 5.10. The van der Waals surface area contributed by atoms with Crippen molar-refractivity contribution < 1.29 is 9.90 Å². The van der Waals surface area contributed by atoms with Gasteiger partial charge in [0, 0.05) is 19.6 Å². The van der Waals surface area contributed by atoms with E-state index in [9.17, 15) is 4.79 Å². The van der Waals surface area contributed by atoms with Crippen molar-refractivity contribution in [3.05, 3.63) is 0 Å². The Bertz CT molecular complexity index is 162. The Balaban J connectivity index is 2.18. The number of rotatable bonds is 3. The SMILES string of the molecule is CC(=O)NC1CCC(CCO)CC1. The third kappa shape index (κ3) is 3.77. The number of amides is 1. The monoisotopic (exact) mass is 185 g/mol. The molecule has 1 saturated carbocycles. The van der Waals surface area contributed by atoms with Crippen LogP contribution in [-0.4, -0.2) is 23.7 Å². The highest BCUT2D eigenvalue weighted by molar-refractivity contribution is 5.73. The molecule has 0 unspecified atom stereocenters. The van der Waals surface area contributed by atoms with Gasteiger partial charge in [-0.3, -0.25) is 4.79 Å². The molecule has 0 radical (unpaired) electrons. The molecule has 0 saturated heterocycles. The first kappa shape index (κ1) is 10.5. The lowest BCUT2D eigenvalue weighted by Gasteiger charge is -2.28. The maximum absolute atomic E-state index is 10.8. The second-order valence-electron chi connectivity index (χ2n) is 3.93. The fourth-order valence-corrected chi connectivity index (χ4v) is 2.07. The highest BCUT2D eigenvalue weighted by atomic mass is 16.3. The zero-order valence-corrected chi connectivity index (χ0v) is 8.25. The second kappa shape index (κ2) is 5.22.